The largest absolute Gasteiger partial charge is 0.465 e. The third kappa shape index (κ3) is 3.48. The molecule has 0 aliphatic heterocycles. The molecule has 0 aliphatic rings. The lowest BCUT2D eigenvalue weighted by atomic mass is 10.0. The first-order valence-corrected chi connectivity index (χ1v) is 6.85. The number of carbonyl (C=O) groups excluding carboxylic acids is 1. The Morgan fingerprint density at radius 2 is 2.11 bits per heavy atom. The predicted molar refractivity (Wildman–Crippen MR) is 75.4 cm³/mol. The van der Waals surface area contributed by atoms with Crippen molar-refractivity contribution in [1.82, 2.24) is 15.1 Å². The molecule has 0 aromatic carbocycles. The molecule has 19 heavy (non-hydrogen) atoms. The number of aryl methyl sites for hydroxylation is 1. The molecule has 0 saturated heterocycles. The summed E-state index contributed by atoms with van der Waals surface area (Å²) in [5.41, 5.74) is 0.812. The molecule has 108 valence electrons. The van der Waals surface area contributed by atoms with Gasteiger partial charge in [-0.2, -0.15) is 5.10 Å². The van der Waals surface area contributed by atoms with Crippen molar-refractivity contribution in [2.75, 3.05) is 13.2 Å². The molecule has 1 unspecified atom stereocenters. The van der Waals surface area contributed by atoms with Gasteiger partial charge in [0.1, 0.15) is 5.54 Å². The second-order valence-corrected chi connectivity index (χ2v) is 5.10. The molecule has 1 heterocycles. The summed E-state index contributed by atoms with van der Waals surface area (Å²) in [6, 6.07) is 0. The molecule has 5 nitrogen and oxygen atoms in total. The molecular weight excluding hydrogens is 266 g/mol. The van der Waals surface area contributed by atoms with E-state index >= 15 is 0 Å². The maximum absolute atomic E-state index is 12.1. The van der Waals surface area contributed by atoms with Crippen LogP contribution in [0.25, 0.3) is 0 Å². The first-order chi connectivity index (χ1) is 8.85. The van der Waals surface area contributed by atoms with Gasteiger partial charge in [-0.1, -0.05) is 18.5 Å². The summed E-state index contributed by atoms with van der Waals surface area (Å²) in [6.45, 7) is 10.7. The summed E-state index contributed by atoms with van der Waals surface area (Å²) in [7, 11) is 0. The highest BCUT2D eigenvalue weighted by atomic mass is 35.5. The van der Waals surface area contributed by atoms with Crippen LogP contribution in [0.3, 0.4) is 0 Å². The molecule has 1 aromatic heterocycles. The molecule has 0 spiro atoms. The quantitative estimate of drug-likeness (QED) is 0.814. The van der Waals surface area contributed by atoms with E-state index in [0.29, 0.717) is 24.7 Å². The summed E-state index contributed by atoms with van der Waals surface area (Å²) in [4.78, 5) is 12.1. The highest BCUT2D eigenvalue weighted by Crippen LogP contribution is 2.21. The Kier molecular flexibility index (Phi) is 5.38. The molecule has 0 fully saturated rings. The van der Waals surface area contributed by atoms with Crippen molar-refractivity contribution < 1.29 is 9.53 Å². The highest BCUT2D eigenvalue weighted by Gasteiger charge is 2.35. The lowest BCUT2D eigenvalue weighted by Gasteiger charge is -2.28. The molecule has 1 rings (SSSR count). The Morgan fingerprint density at radius 1 is 1.47 bits per heavy atom. The monoisotopic (exact) mass is 287 g/mol. The number of hydrogen-bond acceptors (Lipinski definition) is 4. The van der Waals surface area contributed by atoms with Crippen LogP contribution in [0.2, 0.25) is 5.02 Å². The van der Waals surface area contributed by atoms with Crippen LogP contribution in [0.4, 0.5) is 0 Å². The Morgan fingerprint density at radius 3 is 2.53 bits per heavy atom. The fraction of sp³-hybridized carbons (Fsp3) is 0.692. The maximum atomic E-state index is 12.1. The minimum Gasteiger partial charge on any atom is -0.465 e. The van der Waals surface area contributed by atoms with E-state index in [0.717, 1.165) is 11.4 Å². The zero-order chi connectivity index (χ0) is 14.6. The third-order valence-corrected chi connectivity index (χ3v) is 3.60. The Bertz CT molecular complexity index is 459. The number of nitrogens with zero attached hydrogens (tertiary/aromatic N) is 2. The first-order valence-electron chi connectivity index (χ1n) is 6.47. The van der Waals surface area contributed by atoms with Gasteiger partial charge in [-0.15, -0.1) is 0 Å². The second kappa shape index (κ2) is 6.39. The van der Waals surface area contributed by atoms with Crippen molar-refractivity contribution >= 4 is 17.6 Å². The second-order valence-electron chi connectivity index (χ2n) is 4.73. The molecule has 6 heteroatoms. The number of likely N-dealkylation sites (N-methyl/N-ethyl adjacent to an activating group) is 1. The fourth-order valence-electron chi connectivity index (χ4n) is 2.00. The molecule has 0 aliphatic carbocycles. The lowest BCUT2D eigenvalue weighted by Crippen LogP contribution is -2.53. The SMILES string of the molecule is CCNC(C)(Cn1nc(C)c(Cl)c1C)C(=O)OCC. The van der Waals surface area contributed by atoms with Gasteiger partial charge < -0.3 is 10.1 Å². The minimum absolute atomic E-state index is 0.277. The Hall–Kier alpha value is -1.07. The van der Waals surface area contributed by atoms with E-state index in [1.165, 1.54) is 0 Å². The van der Waals surface area contributed by atoms with E-state index < -0.39 is 5.54 Å². The van der Waals surface area contributed by atoms with E-state index in [2.05, 4.69) is 10.4 Å². The minimum atomic E-state index is -0.808. The van der Waals surface area contributed by atoms with Gasteiger partial charge in [-0.3, -0.25) is 4.68 Å². The van der Waals surface area contributed by atoms with Gasteiger partial charge in [0.15, 0.2) is 0 Å². The normalized spacial score (nSPS) is 14.2. The lowest BCUT2D eigenvalue weighted by molar-refractivity contribution is -0.151. The van der Waals surface area contributed by atoms with E-state index in [1.54, 1.807) is 11.6 Å². The van der Waals surface area contributed by atoms with Gasteiger partial charge >= 0.3 is 5.97 Å². The van der Waals surface area contributed by atoms with Crippen molar-refractivity contribution in [3.8, 4) is 0 Å². The van der Waals surface area contributed by atoms with Gasteiger partial charge in [-0.05, 0) is 34.2 Å². The summed E-state index contributed by atoms with van der Waals surface area (Å²) in [5.74, 6) is -0.277. The van der Waals surface area contributed by atoms with E-state index in [-0.39, 0.29) is 5.97 Å². The van der Waals surface area contributed by atoms with Crippen LogP contribution in [0.5, 0.6) is 0 Å². The molecule has 1 N–H and O–H groups in total. The average Bonchev–Trinajstić information content (AvgIpc) is 2.57. The van der Waals surface area contributed by atoms with Crippen molar-refractivity contribution in [2.45, 2.75) is 46.7 Å². The first kappa shape index (κ1) is 16.0. The number of carbonyl (C=O) groups is 1. The van der Waals surface area contributed by atoms with Crippen LogP contribution in [0, 0.1) is 13.8 Å². The Labute approximate surface area is 119 Å². The summed E-state index contributed by atoms with van der Waals surface area (Å²) < 4.78 is 6.88. The zero-order valence-electron chi connectivity index (χ0n) is 12.2. The molecule has 0 saturated carbocycles. The Balaban J connectivity index is 3.00. The predicted octanol–water partition coefficient (Wildman–Crippen LogP) is 2.08. The molecular formula is C13H22ClN3O2. The standard InChI is InChI=1S/C13H22ClN3O2/c1-6-15-13(5,12(18)19-7-2)8-17-10(4)11(14)9(3)16-17/h15H,6-8H2,1-5H3. The van der Waals surface area contributed by atoms with E-state index in [1.807, 2.05) is 27.7 Å². The van der Waals surface area contributed by atoms with Gasteiger partial charge in [0.05, 0.1) is 29.6 Å². The highest BCUT2D eigenvalue weighted by molar-refractivity contribution is 6.31. The van der Waals surface area contributed by atoms with Crippen molar-refractivity contribution in [3.05, 3.63) is 16.4 Å². The van der Waals surface area contributed by atoms with Crippen LogP contribution < -0.4 is 5.32 Å². The summed E-state index contributed by atoms with van der Waals surface area (Å²) >= 11 is 6.13. The van der Waals surface area contributed by atoms with Gasteiger partial charge in [0, 0.05) is 0 Å². The summed E-state index contributed by atoms with van der Waals surface area (Å²) in [5, 5.41) is 8.17. The van der Waals surface area contributed by atoms with E-state index in [9.17, 15) is 4.79 Å². The average molecular weight is 288 g/mol. The molecule has 1 aromatic rings. The van der Waals surface area contributed by atoms with Crippen LogP contribution >= 0.6 is 11.6 Å². The number of aromatic nitrogens is 2. The van der Waals surface area contributed by atoms with Gasteiger partial charge in [-0.25, -0.2) is 4.79 Å². The molecule has 0 radical (unpaired) electrons. The fourth-order valence-corrected chi connectivity index (χ4v) is 2.14. The molecule has 0 amide bonds. The third-order valence-electron chi connectivity index (χ3n) is 3.05. The van der Waals surface area contributed by atoms with Crippen LogP contribution in [-0.4, -0.2) is 34.4 Å². The van der Waals surface area contributed by atoms with Crippen LogP contribution in [0.1, 0.15) is 32.2 Å². The number of esters is 1. The van der Waals surface area contributed by atoms with Crippen LogP contribution in [0.15, 0.2) is 0 Å². The smallest absolute Gasteiger partial charge is 0.327 e. The topological polar surface area (TPSA) is 56.2 Å². The molecule has 0 bridgehead atoms. The van der Waals surface area contributed by atoms with Crippen LogP contribution in [-0.2, 0) is 16.1 Å². The van der Waals surface area contributed by atoms with Gasteiger partial charge in [0.25, 0.3) is 0 Å². The number of hydrogen-bond donors (Lipinski definition) is 1. The van der Waals surface area contributed by atoms with Crippen molar-refractivity contribution in [2.24, 2.45) is 0 Å². The van der Waals surface area contributed by atoms with E-state index in [4.69, 9.17) is 16.3 Å². The van der Waals surface area contributed by atoms with Gasteiger partial charge in [0.2, 0.25) is 0 Å². The number of nitrogens with one attached hydrogen (secondary N) is 1. The number of rotatable bonds is 6. The van der Waals surface area contributed by atoms with Crippen molar-refractivity contribution in [3.63, 3.8) is 0 Å². The number of ether oxygens (including phenoxy) is 1. The van der Waals surface area contributed by atoms with Crippen molar-refractivity contribution in [1.29, 1.82) is 0 Å². The zero-order valence-corrected chi connectivity index (χ0v) is 13.0. The number of halogens is 1. The molecule has 1 atom stereocenters. The summed E-state index contributed by atoms with van der Waals surface area (Å²) in [6.07, 6.45) is 0. The maximum Gasteiger partial charge on any atom is 0.327 e.